The summed E-state index contributed by atoms with van der Waals surface area (Å²) in [5.41, 5.74) is 3.32. The number of aromatic amines is 1. The lowest BCUT2D eigenvalue weighted by atomic mass is 9.99. The second kappa shape index (κ2) is 10.6. The molecule has 8 heteroatoms. The molecule has 3 heterocycles. The summed E-state index contributed by atoms with van der Waals surface area (Å²) < 4.78 is 16.6. The molecule has 1 aliphatic rings. The van der Waals surface area contributed by atoms with Crippen LogP contribution in [0.1, 0.15) is 50.6 Å². The number of hydrogen-bond acceptors (Lipinski definition) is 6. The highest BCUT2D eigenvalue weighted by Gasteiger charge is 2.25. The van der Waals surface area contributed by atoms with Crippen molar-refractivity contribution < 1.29 is 23.6 Å². The molecule has 5 rings (SSSR count). The number of aryl methyl sites for hydroxylation is 1. The third-order valence-electron chi connectivity index (χ3n) is 6.21. The first-order valence-corrected chi connectivity index (χ1v) is 11.9. The minimum absolute atomic E-state index is 0.0697. The molecule has 1 amide bonds. The number of H-pyrrole nitrogens is 1. The lowest BCUT2D eigenvalue weighted by molar-refractivity contribution is 0.0694. The van der Waals surface area contributed by atoms with E-state index in [1.807, 2.05) is 54.6 Å². The van der Waals surface area contributed by atoms with Gasteiger partial charge in [-0.1, -0.05) is 35.5 Å². The third kappa shape index (κ3) is 5.23. The number of carbonyl (C=O) groups is 2. The van der Waals surface area contributed by atoms with E-state index in [1.54, 1.807) is 13.0 Å². The number of aromatic nitrogens is 2. The molecule has 1 aliphatic heterocycles. The predicted molar refractivity (Wildman–Crippen MR) is 133 cm³/mol. The summed E-state index contributed by atoms with van der Waals surface area (Å²) in [5.74, 6) is 0.610. The van der Waals surface area contributed by atoms with Gasteiger partial charge in [-0.25, -0.2) is 0 Å². The normalized spacial score (nSPS) is 13.9. The zero-order valence-corrected chi connectivity index (χ0v) is 20.0. The predicted octanol–water partition coefficient (Wildman–Crippen LogP) is 4.70. The van der Waals surface area contributed by atoms with Crippen LogP contribution in [0, 0.1) is 6.92 Å². The fourth-order valence-corrected chi connectivity index (χ4v) is 4.19. The average molecular weight is 486 g/mol. The first-order chi connectivity index (χ1) is 17.6. The standard InChI is InChI=1S/C28H27N3O5/c1-18-25(27(32)21-15-24(29-16-21)28(33)30-22-11-13-34-14-12-22)26(31-36-18)20-7-9-23(10-8-20)35-17-19-5-3-2-4-6-19/h2-10,15-16,22,29H,11-14,17H2,1H3,(H,30,33). The number of amides is 1. The van der Waals surface area contributed by atoms with Crippen LogP contribution >= 0.6 is 0 Å². The van der Waals surface area contributed by atoms with E-state index in [9.17, 15) is 9.59 Å². The minimum Gasteiger partial charge on any atom is -0.489 e. The lowest BCUT2D eigenvalue weighted by Crippen LogP contribution is -2.39. The fourth-order valence-electron chi connectivity index (χ4n) is 4.19. The van der Waals surface area contributed by atoms with Crippen LogP contribution in [0.2, 0.25) is 0 Å². The van der Waals surface area contributed by atoms with Crippen LogP contribution in [0.3, 0.4) is 0 Å². The van der Waals surface area contributed by atoms with Crippen LogP contribution in [0.5, 0.6) is 5.75 Å². The topological polar surface area (TPSA) is 106 Å². The Hall–Kier alpha value is -4.17. The molecule has 1 saturated heterocycles. The zero-order chi connectivity index (χ0) is 24.9. The molecular formula is C28H27N3O5. The van der Waals surface area contributed by atoms with Crippen molar-refractivity contribution in [3.05, 3.63) is 95.0 Å². The van der Waals surface area contributed by atoms with Gasteiger partial charge in [-0.2, -0.15) is 0 Å². The number of nitrogens with one attached hydrogen (secondary N) is 2. The van der Waals surface area contributed by atoms with E-state index in [1.165, 1.54) is 6.20 Å². The molecule has 0 aliphatic carbocycles. The second-order valence-corrected chi connectivity index (χ2v) is 8.75. The van der Waals surface area contributed by atoms with Gasteiger partial charge in [0.05, 0.1) is 5.56 Å². The highest BCUT2D eigenvalue weighted by Crippen LogP contribution is 2.29. The van der Waals surface area contributed by atoms with Crippen molar-refractivity contribution >= 4 is 11.7 Å². The van der Waals surface area contributed by atoms with Crippen LogP contribution in [0.15, 0.2) is 71.4 Å². The van der Waals surface area contributed by atoms with Gasteiger partial charge in [0, 0.05) is 36.6 Å². The van der Waals surface area contributed by atoms with Crippen LogP contribution < -0.4 is 10.1 Å². The van der Waals surface area contributed by atoms with Crippen LogP contribution in [0.25, 0.3) is 11.3 Å². The van der Waals surface area contributed by atoms with Crippen LogP contribution in [0.4, 0.5) is 0 Å². The molecule has 0 atom stereocenters. The van der Waals surface area contributed by atoms with Gasteiger partial charge in [-0.15, -0.1) is 0 Å². The maximum Gasteiger partial charge on any atom is 0.267 e. The largest absolute Gasteiger partial charge is 0.489 e. The van der Waals surface area contributed by atoms with Gasteiger partial charge in [0.1, 0.15) is 29.5 Å². The molecule has 1 fully saturated rings. The Morgan fingerprint density at radius 1 is 1.08 bits per heavy atom. The summed E-state index contributed by atoms with van der Waals surface area (Å²) in [6, 6.07) is 18.9. The van der Waals surface area contributed by atoms with Crippen molar-refractivity contribution in [2.45, 2.75) is 32.4 Å². The van der Waals surface area contributed by atoms with Gasteiger partial charge in [-0.05, 0) is 55.7 Å². The maximum absolute atomic E-state index is 13.4. The molecular weight excluding hydrogens is 458 g/mol. The number of rotatable bonds is 8. The average Bonchev–Trinajstić information content (AvgIpc) is 3.56. The van der Waals surface area contributed by atoms with Gasteiger partial charge < -0.3 is 24.3 Å². The number of nitrogens with zero attached hydrogens (tertiary/aromatic N) is 1. The van der Waals surface area contributed by atoms with Crippen molar-refractivity contribution in [3.8, 4) is 17.0 Å². The summed E-state index contributed by atoms with van der Waals surface area (Å²) in [4.78, 5) is 28.9. The number of carbonyl (C=O) groups excluding carboxylic acids is 2. The van der Waals surface area contributed by atoms with Crippen LogP contribution in [-0.2, 0) is 11.3 Å². The molecule has 0 bridgehead atoms. The molecule has 36 heavy (non-hydrogen) atoms. The van der Waals surface area contributed by atoms with Crippen molar-refractivity contribution in [1.82, 2.24) is 15.5 Å². The molecule has 0 spiro atoms. The molecule has 0 radical (unpaired) electrons. The van der Waals surface area contributed by atoms with Crippen molar-refractivity contribution in [2.75, 3.05) is 13.2 Å². The molecule has 2 aromatic heterocycles. The monoisotopic (exact) mass is 485 g/mol. The molecule has 0 unspecified atom stereocenters. The highest BCUT2D eigenvalue weighted by molar-refractivity contribution is 6.13. The van der Waals surface area contributed by atoms with E-state index in [0.29, 0.717) is 53.8 Å². The number of ether oxygens (including phenoxy) is 2. The summed E-state index contributed by atoms with van der Waals surface area (Å²) in [6.07, 6.45) is 3.09. The van der Waals surface area contributed by atoms with E-state index in [0.717, 1.165) is 24.0 Å². The van der Waals surface area contributed by atoms with E-state index < -0.39 is 0 Å². The summed E-state index contributed by atoms with van der Waals surface area (Å²) >= 11 is 0. The van der Waals surface area contributed by atoms with E-state index in [4.69, 9.17) is 14.0 Å². The van der Waals surface area contributed by atoms with Crippen molar-refractivity contribution in [3.63, 3.8) is 0 Å². The summed E-state index contributed by atoms with van der Waals surface area (Å²) in [6.45, 7) is 3.43. The Morgan fingerprint density at radius 3 is 2.58 bits per heavy atom. The van der Waals surface area contributed by atoms with E-state index in [-0.39, 0.29) is 17.7 Å². The van der Waals surface area contributed by atoms with Crippen molar-refractivity contribution in [1.29, 1.82) is 0 Å². The lowest BCUT2D eigenvalue weighted by Gasteiger charge is -2.22. The van der Waals surface area contributed by atoms with Gasteiger partial charge in [0.25, 0.3) is 5.91 Å². The first-order valence-electron chi connectivity index (χ1n) is 11.9. The van der Waals surface area contributed by atoms with E-state index in [2.05, 4.69) is 15.5 Å². The highest BCUT2D eigenvalue weighted by atomic mass is 16.5. The molecule has 0 saturated carbocycles. The molecule has 184 valence electrons. The first kappa shape index (κ1) is 23.6. The maximum atomic E-state index is 13.4. The van der Waals surface area contributed by atoms with Gasteiger partial charge in [0.2, 0.25) is 0 Å². The smallest absolute Gasteiger partial charge is 0.267 e. The Morgan fingerprint density at radius 2 is 1.83 bits per heavy atom. The van der Waals surface area contributed by atoms with Gasteiger partial charge in [-0.3, -0.25) is 9.59 Å². The van der Waals surface area contributed by atoms with Gasteiger partial charge in [0.15, 0.2) is 5.78 Å². The quantitative estimate of drug-likeness (QED) is 0.351. The number of hydrogen-bond donors (Lipinski definition) is 2. The van der Waals surface area contributed by atoms with Crippen LogP contribution in [-0.4, -0.2) is 41.1 Å². The molecule has 8 nitrogen and oxygen atoms in total. The summed E-state index contributed by atoms with van der Waals surface area (Å²) in [5, 5.41) is 7.13. The second-order valence-electron chi connectivity index (χ2n) is 8.75. The Balaban J connectivity index is 1.29. The number of benzene rings is 2. The van der Waals surface area contributed by atoms with Gasteiger partial charge >= 0.3 is 0 Å². The third-order valence-corrected chi connectivity index (χ3v) is 6.21. The Labute approximate surface area is 208 Å². The fraction of sp³-hybridized carbons (Fsp3) is 0.250. The van der Waals surface area contributed by atoms with E-state index >= 15 is 0 Å². The molecule has 4 aromatic rings. The van der Waals surface area contributed by atoms with Crippen molar-refractivity contribution in [2.24, 2.45) is 0 Å². The Kier molecular flexibility index (Phi) is 6.95. The molecule has 2 aromatic carbocycles. The Bertz CT molecular complexity index is 1340. The SMILES string of the molecule is Cc1onc(-c2ccc(OCc3ccccc3)cc2)c1C(=O)c1c[nH]c(C(=O)NC2CCOCC2)c1. The zero-order valence-electron chi connectivity index (χ0n) is 20.0. The summed E-state index contributed by atoms with van der Waals surface area (Å²) in [7, 11) is 0. The number of ketones is 1. The molecule has 2 N–H and O–H groups in total. The minimum atomic E-state index is -0.269.